The van der Waals surface area contributed by atoms with Crippen molar-refractivity contribution in [2.75, 3.05) is 0 Å². The van der Waals surface area contributed by atoms with Gasteiger partial charge in [-0.05, 0) is 24.6 Å². The van der Waals surface area contributed by atoms with Crippen LogP contribution < -0.4 is 5.43 Å². The molecular weight excluding hydrogens is 260 g/mol. The van der Waals surface area contributed by atoms with Gasteiger partial charge >= 0.3 is 0 Å². The topological polar surface area (TPSA) is 32.9 Å². The first-order valence-electron chi connectivity index (χ1n) is 6.15. The van der Waals surface area contributed by atoms with E-state index in [2.05, 4.69) is 4.98 Å². The molecule has 0 radical (unpaired) electrons. The molecule has 2 nitrogen and oxygen atoms in total. The molecule has 20 heavy (non-hydrogen) atoms. The number of aromatic amines is 1. The number of fused-ring (bicyclic) bond motifs is 1. The molecule has 0 aliphatic carbocycles. The first kappa shape index (κ1) is 12.5. The maximum absolute atomic E-state index is 13.9. The number of hydrogen-bond acceptors (Lipinski definition) is 1. The molecule has 100 valence electrons. The summed E-state index contributed by atoms with van der Waals surface area (Å²) >= 11 is 0. The fraction of sp³-hybridized carbons (Fsp3) is 0.0625. The van der Waals surface area contributed by atoms with Crippen LogP contribution in [0.15, 0.2) is 47.3 Å². The summed E-state index contributed by atoms with van der Waals surface area (Å²) in [6, 6.07) is 11.4. The van der Waals surface area contributed by atoms with E-state index >= 15 is 0 Å². The standard InChI is InChI=1S/C16H11F2NO/c1-9-14(10-5-3-2-4-6-10)19-15-11(16(9)20)7-8-12(17)13(15)18/h2-8H,1H3,(H,19,20). The van der Waals surface area contributed by atoms with Crippen LogP contribution >= 0.6 is 0 Å². The first-order valence-corrected chi connectivity index (χ1v) is 6.15. The minimum absolute atomic E-state index is 0.0977. The van der Waals surface area contributed by atoms with Crippen molar-refractivity contribution in [1.82, 2.24) is 4.98 Å². The van der Waals surface area contributed by atoms with Crippen LogP contribution in [-0.2, 0) is 0 Å². The number of nitrogens with one attached hydrogen (secondary N) is 1. The Morgan fingerprint density at radius 2 is 1.70 bits per heavy atom. The second-order valence-corrected chi connectivity index (χ2v) is 4.60. The summed E-state index contributed by atoms with van der Waals surface area (Å²) in [6.07, 6.45) is 0. The quantitative estimate of drug-likeness (QED) is 0.717. The lowest BCUT2D eigenvalue weighted by molar-refractivity contribution is 0.515. The van der Waals surface area contributed by atoms with Gasteiger partial charge in [-0.15, -0.1) is 0 Å². The second kappa shape index (κ2) is 4.56. The second-order valence-electron chi connectivity index (χ2n) is 4.60. The van der Waals surface area contributed by atoms with Crippen molar-refractivity contribution in [3.63, 3.8) is 0 Å². The molecular formula is C16H11F2NO. The van der Waals surface area contributed by atoms with Crippen molar-refractivity contribution in [3.8, 4) is 11.3 Å². The fourth-order valence-corrected chi connectivity index (χ4v) is 2.29. The zero-order valence-electron chi connectivity index (χ0n) is 10.7. The van der Waals surface area contributed by atoms with E-state index in [0.717, 1.165) is 11.6 Å². The van der Waals surface area contributed by atoms with Crippen LogP contribution in [0.1, 0.15) is 5.56 Å². The Hall–Kier alpha value is -2.49. The molecule has 1 heterocycles. The molecule has 0 spiro atoms. The van der Waals surface area contributed by atoms with Gasteiger partial charge in [0, 0.05) is 10.9 Å². The highest BCUT2D eigenvalue weighted by Gasteiger charge is 2.14. The number of halogens is 2. The van der Waals surface area contributed by atoms with Gasteiger partial charge in [0.1, 0.15) is 0 Å². The largest absolute Gasteiger partial charge is 0.352 e. The molecule has 0 bridgehead atoms. The summed E-state index contributed by atoms with van der Waals surface area (Å²) in [5, 5.41) is 0.154. The number of hydrogen-bond donors (Lipinski definition) is 1. The highest BCUT2D eigenvalue weighted by atomic mass is 19.2. The molecule has 3 rings (SSSR count). The monoisotopic (exact) mass is 271 g/mol. The van der Waals surface area contributed by atoms with Crippen molar-refractivity contribution in [2.24, 2.45) is 0 Å². The van der Waals surface area contributed by atoms with E-state index in [1.54, 1.807) is 19.1 Å². The first-order chi connectivity index (χ1) is 9.59. The van der Waals surface area contributed by atoms with Crippen LogP contribution in [0.2, 0.25) is 0 Å². The van der Waals surface area contributed by atoms with E-state index in [1.807, 2.05) is 18.2 Å². The number of H-pyrrole nitrogens is 1. The molecule has 0 aliphatic rings. The van der Waals surface area contributed by atoms with E-state index in [0.29, 0.717) is 11.3 Å². The van der Waals surface area contributed by atoms with Crippen LogP contribution in [0.25, 0.3) is 22.2 Å². The van der Waals surface area contributed by atoms with Crippen LogP contribution in [0.5, 0.6) is 0 Å². The Bertz CT molecular complexity index is 854. The van der Waals surface area contributed by atoms with Gasteiger partial charge in [0.2, 0.25) is 0 Å². The van der Waals surface area contributed by atoms with Gasteiger partial charge in [-0.3, -0.25) is 4.79 Å². The molecule has 0 atom stereocenters. The highest BCUT2D eigenvalue weighted by molar-refractivity contribution is 5.83. The Morgan fingerprint density at radius 1 is 1.00 bits per heavy atom. The minimum atomic E-state index is -1.03. The van der Waals surface area contributed by atoms with Crippen molar-refractivity contribution in [2.45, 2.75) is 6.92 Å². The Labute approximate surface area is 113 Å². The Kier molecular flexibility index (Phi) is 2.86. The number of rotatable bonds is 1. The number of pyridine rings is 1. The predicted octanol–water partition coefficient (Wildman–Crippen LogP) is 3.78. The summed E-state index contributed by atoms with van der Waals surface area (Å²) in [5.74, 6) is -2.01. The lowest BCUT2D eigenvalue weighted by Crippen LogP contribution is -2.11. The average Bonchev–Trinajstić information content (AvgIpc) is 2.47. The summed E-state index contributed by atoms with van der Waals surface area (Å²) in [7, 11) is 0. The van der Waals surface area contributed by atoms with Gasteiger partial charge in [0.15, 0.2) is 17.1 Å². The highest BCUT2D eigenvalue weighted by Crippen LogP contribution is 2.23. The fourth-order valence-electron chi connectivity index (χ4n) is 2.29. The third-order valence-corrected chi connectivity index (χ3v) is 3.37. The molecule has 0 aliphatic heterocycles. The van der Waals surface area contributed by atoms with Gasteiger partial charge in [-0.1, -0.05) is 30.3 Å². The van der Waals surface area contributed by atoms with Gasteiger partial charge in [-0.25, -0.2) is 8.78 Å². The van der Waals surface area contributed by atoms with Gasteiger partial charge in [0.05, 0.1) is 11.2 Å². The zero-order valence-corrected chi connectivity index (χ0v) is 10.7. The lowest BCUT2D eigenvalue weighted by Gasteiger charge is -2.09. The smallest absolute Gasteiger partial charge is 0.193 e. The number of benzene rings is 2. The van der Waals surface area contributed by atoms with Crippen LogP contribution in [-0.4, -0.2) is 4.98 Å². The lowest BCUT2D eigenvalue weighted by atomic mass is 10.0. The van der Waals surface area contributed by atoms with Crippen LogP contribution in [0.3, 0.4) is 0 Å². The Morgan fingerprint density at radius 3 is 2.40 bits per heavy atom. The molecule has 1 N–H and O–H groups in total. The van der Waals surface area contributed by atoms with Crippen molar-refractivity contribution in [3.05, 3.63) is 69.9 Å². The van der Waals surface area contributed by atoms with E-state index in [9.17, 15) is 13.6 Å². The predicted molar refractivity (Wildman–Crippen MR) is 74.7 cm³/mol. The zero-order chi connectivity index (χ0) is 14.3. The van der Waals surface area contributed by atoms with Crippen LogP contribution in [0.4, 0.5) is 8.78 Å². The molecule has 2 aromatic carbocycles. The summed E-state index contributed by atoms with van der Waals surface area (Å²) in [6.45, 7) is 1.67. The van der Waals surface area contributed by atoms with Crippen molar-refractivity contribution < 1.29 is 8.78 Å². The third kappa shape index (κ3) is 1.81. The SMILES string of the molecule is Cc1c(-c2ccccc2)[nH]c2c(F)c(F)ccc2c1=O. The van der Waals surface area contributed by atoms with Crippen LogP contribution in [0, 0.1) is 18.6 Å². The van der Waals surface area contributed by atoms with E-state index < -0.39 is 11.6 Å². The van der Waals surface area contributed by atoms with E-state index in [-0.39, 0.29) is 16.3 Å². The van der Waals surface area contributed by atoms with Gasteiger partial charge in [-0.2, -0.15) is 0 Å². The molecule has 3 aromatic rings. The molecule has 0 saturated heterocycles. The molecule has 0 saturated carbocycles. The van der Waals surface area contributed by atoms with E-state index in [4.69, 9.17) is 0 Å². The average molecular weight is 271 g/mol. The molecule has 0 amide bonds. The molecule has 1 aromatic heterocycles. The Balaban J connectivity index is 2.44. The minimum Gasteiger partial charge on any atom is -0.352 e. The summed E-state index contributed by atoms with van der Waals surface area (Å²) in [5.41, 5.74) is 1.35. The maximum Gasteiger partial charge on any atom is 0.193 e. The molecule has 0 unspecified atom stereocenters. The van der Waals surface area contributed by atoms with E-state index in [1.165, 1.54) is 6.07 Å². The van der Waals surface area contributed by atoms with Gasteiger partial charge in [0.25, 0.3) is 0 Å². The van der Waals surface area contributed by atoms with Crippen molar-refractivity contribution >= 4 is 10.9 Å². The molecule has 4 heteroatoms. The normalized spacial score (nSPS) is 10.9. The summed E-state index contributed by atoms with van der Waals surface area (Å²) in [4.78, 5) is 15.1. The number of aromatic nitrogens is 1. The summed E-state index contributed by atoms with van der Waals surface area (Å²) < 4.78 is 27.2. The van der Waals surface area contributed by atoms with Gasteiger partial charge < -0.3 is 4.98 Å². The maximum atomic E-state index is 13.9. The third-order valence-electron chi connectivity index (χ3n) is 3.37. The molecule has 0 fully saturated rings. The van der Waals surface area contributed by atoms with Crippen molar-refractivity contribution in [1.29, 1.82) is 0 Å².